The molecule has 0 amide bonds. The van der Waals surface area contributed by atoms with Gasteiger partial charge in [0.1, 0.15) is 5.75 Å². The van der Waals surface area contributed by atoms with Crippen LogP contribution in [0.15, 0.2) is 18.2 Å². The third-order valence-corrected chi connectivity index (χ3v) is 7.08. The van der Waals surface area contributed by atoms with Crippen molar-refractivity contribution in [2.45, 2.75) is 57.5 Å². The van der Waals surface area contributed by atoms with Crippen LogP contribution in [0, 0.1) is 29.1 Å². The molecule has 5 atom stereocenters. The fourth-order valence-electron chi connectivity index (χ4n) is 5.90. The number of phenolic OH excluding ortho intramolecular Hbond substituents is 1. The second kappa shape index (κ2) is 4.52. The molecule has 22 heavy (non-hydrogen) atoms. The van der Waals surface area contributed by atoms with Gasteiger partial charge in [-0.1, -0.05) is 18.9 Å². The molecule has 0 bridgehead atoms. The topological polar surface area (TPSA) is 40.5 Å². The second-order valence-electron chi connectivity index (χ2n) is 7.81. The monoisotopic (exact) mass is 296 g/mol. The molecule has 0 saturated heterocycles. The Kier molecular flexibility index (Phi) is 2.91. The van der Waals surface area contributed by atoms with E-state index in [1.807, 2.05) is 6.07 Å². The molecule has 4 rings (SSSR count). The molecule has 0 spiro atoms. The minimum atomic E-state index is -0.204. The molecule has 0 aromatic heterocycles. The van der Waals surface area contributed by atoms with Crippen LogP contribution in [-0.2, 0) is 6.42 Å². The van der Waals surface area contributed by atoms with Gasteiger partial charge in [0.25, 0.3) is 0 Å². The molecule has 1 aromatic carbocycles. The number of aryl methyl sites for hydroxylation is 1. The molecule has 3 aliphatic carbocycles. The highest BCUT2D eigenvalue weighted by molar-refractivity contribution is 5.44. The smallest absolute Gasteiger partial charge is 0.115 e. The molecule has 1 aromatic rings. The molecule has 2 saturated carbocycles. The van der Waals surface area contributed by atoms with Crippen LogP contribution in [0.1, 0.15) is 56.1 Å². The highest BCUT2D eigenvalue weighted by Gasteiger charge is 2.61. The largest absolute Gasteiger partial charge is 0.508 e. The molecule has 0 aliphatic heterocycles. The first-order valence-corrected chi connectivity index (χ1v) is 8.49. The number of rotatable bonds is 0. The van der Waals surface area contributed by atoms with Crippen molar-refractivity contribution in [2.75, 3.05) is 0 Å². The number of benzene rings is 1. The SMILES string of the molecule is C#C[C@@]12CCc3cc(O)ccc3C1CC[C@@]1(C)C2CC[C@@H]1O. The molecule has 2 fully saturated rings. The van der Waals surface area contributed by atoms with Crippen molar-refractivity contribution in [1.82, 2.24) is 0 Å². The summed E-state index contributed by atoms with van der Waals surface area (Å²) < 4.78 is 0. The van der Waals surface area contributed by atoms with E-state index in [2.05, 4.69) is 18.9 Å². The van der Waals surface area contributed by atoms with Crippen molar-refractivity contribution in [2.24, 2.45) is 16.7 Å². The van der Waals surface area contributed by atoms with Crippen LogP contribution in [0.5, 0.6) is 5.75 Å². The standard InChI is InChI=1S/C20H24O2/c1-3-20-11-8-13-12-14(21)4-5-15(13)16(20)9-10-19(2)17(20)6-7-18(19)22/h1,4-5,12,16-18,21-22H,6-11H2,2H3/t16?,17?,18-,19-,20+/m0/s1. The van der Waals surface area contributed by atoms with E-state index in [0.717, 1.165) is 38.5 Å². The second-order valence-corrected chi connectivity index (χ2v) is 7.81. The van der Waals surface area contributed by atoms with Crippen LogP contribution in [-0.4, -0.2) is 16.3 Å². The average molecular weight is 296 g/mol. The van der Waals surface area contributed by atoms with E-state index in [1.54, 1.807) is 6.07 Å². The van der Waals surface area contributed by atoms with Crippen molar-refractivity contribution >= 4 is 0 Å². The van der Waals surface area contributed by atoms with E-state index in [4.69, 9.17) is 6.42 Å². The zero-order valence-electron chi connectivity index (χ0n) is 13.2. The maximum absolute atomic E-state index is 10.5. The summed E-state index contributed by atoms with van der Waals surface area (Å²) >= 11 is 0. The van der Waals surface area contributed by atoms with Crippen LogP contribution >= 0.6 is 0 Å². The van der Waals surface area contributed by atoms with Gasteiger partial charge in [0.2, 0.25) is 0 Å². The van der Waals surface area contributed by atoms with Crippen LogP contribution in [0.25, 0.3) is 0 Å². The summed E-state index contributed by atoms with van der Waals surface area (Å²) in [6.07, 6.45) is 11.9. The predicted molar refractivity (Wildman–Crippen MR) is 86.5 cm³/mol. The summed E-state index contributed by atoms with van der Waals surface area (Å²) in [7, 11) is 0. The highest BCUT2D eigenvalue weighted by Crippen LogP contribution is 2.66. The molecule has 0 radical (unpaired) electrons. The lowest BCUT2D eigenvalue weighted by molar-refractivity contribution is -0.0487. The Balaban J connectivity index is 1.83. The van der Waals surface area contributed by atoms with Gasteiger partial charge in [-0.05, 0) is 73.1 Å². The number of hydrogen-bond acceptors (Lipinski definition) is 2. The van der Waals surface area contributed by atoms with Crippen molar-refractivity contribution in [3.8, 4) is 18.1 Å². The molecular formula is C20H24O2. The van der Waals surface area contributed by atoms with E-state index in [0.29, 0.717) is 17.6 Å². The van der Waals surface area contributed by atoms with Crippen molar-refractivity contribution in [1.29, 1.82) is 0 Å². The maximum atomic E-state index is 10.5. The molecule has 0 heterocycles. The number of aromatic hydroxyl groups is 1. The Morgan fingerprint density at radius 3 is 2.82 bits per heavy atom. The Morgan fingerprint density at radius 1 is 1.23 bits per heavy atom. The Morgan fingerprint density at radius 2 is 2.05 bits per heavy atom. The summed E-state index contributed by atoms with van der Waals surface area (Å²) in [6.45, 7) is 2.25. The fraction of sp³-hybridized carbons (Fsp3) is 0.600. The van der Waals surface area contributed by atoms with Gasteiger partial charge in [-0.25, -0.2) is 0 Å². The average Bonchev–Trinajstić information content (AvgIpc) is 2.82. The van der Waals surface area contributed by atoms with Gasteiger partial charge >= 0.3 is 0 Å². The van der Waals surface area contributed by atoms with Crippen molar-refractivity contribution in [3.63, 3.8) is 0 Å². The minimum Gasteiger partial charge on any atom is -0.508 e. The van der Waals surface area contributed by atoms with Gasteiger partial charge in [0.15, 0.2) is 0 Å². The number of terminal acetylenes is 1. The van der Waals surface area contributed by atoms with Crippen LogP contribution in [0.4, 0.5) is 0 Å². The number of aliphatic hydroxyl groups excluding tert-OH is 1. The van der Waals surface area contributed by atoms with Crippen LogP contribution in [0.2, 0.25) is 0 Å². The molecule has 2 N–H and O–H groups in total. The molecule has 3 aliphatic rings. The quantitative estimate of drug-likeness (QED) is 0.718. The molecule has 2 unspecified atom stereocenters. The minimum absolute atomic E-state index is 0.0166. The Hall–Kier alpha value is -1.46. The van der Waals surface area contributed by atoms with E-state index in [-0.39, 0.29) is 16.9 Å². The van der Waals surface area contributed by atoms with Gasteiger partial charge in [0.05, 0.1) is 6.10 Å². The lowest BCUT2D eigenvalue weighted by Crippen LogP contribution is -2.50. The van der Waals surface area contributed by atoms with Crippen LogP contribution < -0.4 is 0 Å². The Bertz CT molecular complexity index is 658. The van der Waals surface area contributed by atoms with Crippen molar-refractivity contribution < 1.29 is 10.2 Å². The number of fused-ring (bicyclic) bond motifs is 5. The van der Waals surface area contributed by atoms with Crippen molar-refractivity contribution in [3.05, 3.63) is 29.3 Å². The lowest BCUT2D eigenvalue weighted by Gasteiger charge is -2.55. The summed E-state index contributed by atoms with van der Waals surface area (Å²) in [6, 6.07) is 5.78. The number of hydrogen-bond donors (Lipinski definition) is 2. The Labute approximate surface area is 132 Å². The molecule has 2 heteroatoms. The summed E-state index contributed by atoms with van der Waals surface area (Å²) in [5.74, 6) is 4.37. The third kappa shape index (κ3) is 1.61. The van der Waals surface area contributed by atoms with Gasteiger partial charge in [-0.2, -0.15) is 0 Å². The van der Waals surface area contributed by atoms with Gasteiger partial charge < -0.3 is 10.2 Å². The zero-order chi connectivity index (χ0) is 15.5. The normalized spacial score (nSPS) is 42.9. The van der Waals surface area contributed by atoms with E-state index < -0.39 is 0 Å². The van der Waals surface area contributed by atoms with E-state index >= 15 is 0 Å². The molecule has 2 nitrogen and oxygen atoms in total. The third-order valence-electron chi connectivity index (χ3n) is 7.08. The number of phenols is 1. The first-order valence-electron chi connectivity index (χ1n) is 8.49. The van der Waals surface area contributed by atoms with Gasteiger partial charge in [-0.15, -0.1) is 6.42 Å². The summed E-state index contributed by atoms with van der Waals surface area (Å²) in [4.78, 5) is 0. The summed E-state index contributed by atoms with van der Waals surface area (Å²) in [5, 5.41) is 20.3. The first kappa shape index (κ1) is 14.2. The fourth-order valence-corrected chi connectivity index (χ4v) is 5.90. The van der Waals surface area contributed by atoms with Gasteiger partial charge in [-0.3, -0.25) is 0 Å². The number of aliphatic hydroxyl groups is 1. The van der Waals surface area contributed by atoms with E-state index in [1.165, 1.54) is 11.1 Å². The van der Waals surface area contributed by atoms with Gasteiger partial charge in [0, 0.05) is 11.3 Å². The molecular weight excluding hydrogens is 272 g/mol. The van der Waals surface area contributed by atoms with E-state index in [9.17, 15) is 10.2 Å². The first-order chi connectivity index (χ1) is 10.5. The maximum Gasteiger partial charge on any atom is 0.115 e. The highest BCUT2D eigenvalue weighted by atomic mass is 16.3. The van der Waals surface area contributed by atoms with Crippen LogP contribution in [0.3, 0.4) is 0 Å². The summed E-state index contributed by atoms with van der Waals surface area (Å²) in [5.41, 5.74) is 2.47. The predicted octanol–water partition coefficient (Wildman–Crippen LogP) is 3.61. The lowest BCUT2D eigenvalue weighted by atomic mass is 9.47. The molecule has 116 valence electrons. The zero-order valence-corrected chi connectivity index (χ0v) is 13.2.